The molecule has 0 bridgehead atoms. The summed E-state index contributed by atoms with van der Waals surface area (Å²) < 4.78 is 24.1. The molecule has 7 heteroatoms. The summed E-state index contributed by atoms with van der Waals surface area (Å²) in [7, 11) is -3.47. The van der Waals surface area contributed by atoms with Crippen molar-refractivity contribution in [1.29, 1.82) is 0 Å². The Balaban J connectivity index is 2.26. The fourth-order valence-electron chi connectivity index (χ4n) is 2.17. The van der Waals surface area contributed by atoms with Gasteiger partial charge in [-0.05, 0) is 24.3 Å². The van der Waals surface area contributed by atoms with Gasteiger partial charge in [0.25, 0.3) is 0 Å². The van der Waals surface area contributed by atoms with Crippen molar-refractivity contribution >= 4 is 15.5 Å². The zero-order valence-electron chi connectivity index (χ0n) is 12.3. The average molecular weight is 326 g/mol. The summed E-state index contributed by atoms with van der Waals surface area (Å²) in [5.74, 6) is 0.405. The molecule has 6 nitrogen and oxygen atoms in total. The normalized spacial score (nSPS) is 11.3. The predicted octanol–water partition coefficient (Wildman–Crippen LogP) is 2.19. The van der Waals surface area contributed by atoms with Crippen LogP contribution in [0.3, 0.4) is 0 Å². The Morgan fingerprint density at radius 2 is 1.83 bits per heavy atom. The molecule has 0 amide bonds. The van der Waals surface area contributed by atoms with Crippen molar-refractivity contribution in [2.24, 2.45) is 0 Å². The molecule has 0 unspecified atom stereocenters. The lowest BCUT2D eigenvalue weighted by molar-refractivity contribution is 0.601. The maximum Gasteiger partial charge on any atom is 0.179 e. The second-order valence-corrected chi connectivity index (χ2v) is 7.03. The molecule has 116 valence electrons. The van der Waals surface area contributed by atoms with E-state index in [-0.39, 0.29) is 4.90 Å². The van der Waals surface area contributed by atoms with Crippen molar-refractivity contribution in [3.8, 4) is 22.6 Å². The highest BCUT2D eigenvalue weighted by atomic mass is 32.2. The Labute approximate surface area is 134 Å². The monoisotopic (exact) mass is 326 g/mol. The van der Waals surface area contributed by atoms with Crippen molar-refractivity contribution in [3.63, 3.8) is 0 Å². The fourth-order valence-corrected chi connectivity index (χ4v) is 2.93. The van der Waals surface area contributed by atoms with Gasteiger partial charge in [0.2, 0.25) is 0 Å². The molecule has 0 aliphatic carbocycles. The third-order valence-corrected chi connectivity index (χ3v) is 4.33. The van der Waals surface area contributed by atoms with Crippen molar-refractivity contribution in [2.45, 2.75) is 4.90 Å². The Hall–Kier alpha value is -2.80. The standard InChI is InChI=1S/C16H14N4O2S/c1-23(21,22)14-10-19-16(12-5-3-7-18-9-12)20-15(14)11-4-2-6-13(17)8-11/h2-10H,17H2,1H3. The van der Waals surface area contributed by atoms with Crippen LogP contribution in [0.25, 0.3) is 22.6 Å². The molecule has 0 aliphatic heterocycles. The zero-order valence-corrected chi connectivity index (χ0v) is 13.2. The van der Waals surface area contributed by atoms with E-state index in [9.17, 15) is 8.42 Å². The SMILES string of the molecule is CS(=O)(=O)c1cnc(-c2cccnc2)nc1-c1cccc(N)c1. The van der Waals surface area contributed by atoms with Crippen molar-refractivity contribution in [1.82, 2.24) is 15.0 Å². The number of hydrogen-bond acceptors (Lipinski definition) is 6. The lowest BCUT2D eigenvalue weighted by atomic mass is 10.1. The van der Waals surface area contributed by atoms with E-state index in [1.165, 1.54) is 6.20 Å². The van der Waals surface area contributed by atoms with E-state index in [1.807, 2.05) is 6.07 Å². The quantitative estimate of drug-likeness (QED) is 0.741. The average Bonchev–Trinajstić information content (AvgIpc) is 2.54. The van der Waals surface area contributed by atoms with E-state index in [0.717, 1.165) is 6.26 Å². The highest BCUT2D eigenvalue weighted by molar-refractivity contribution is 7.90. The largest absolute Gasteiger partial charge is 0.399 e. The Bertz CT molecular complexity index is 957. The summed E-state index contributed by atoms with van der Waals surface area (Å²) in [6, 6.07) is 10.5. The minimum absolute atomic E-state index is 0.0655. The van der Waals surface area contributed by atoms with Gasteiger partial charge in [0.1, 0.15) is 4.90 Å². The van der Waals surface area contributed by atoms with Crippen LogP contribution in [0.2, 0.25) is 0 Å². The number of pyridine rings is 1. The molecule has 0 saturated carbocycles. The van der Waals surface area contributed by atoms with Crippen LogP contribution in [0.15, 0.2) is 59.9 Å². The Morgan fingerprint density at radius 3 is 2.48 bits per heavy atom. The summed E-state index contributed by atoms with van der Waals surface area (Å²) >= 11 is 0. The maximum absolute atomic E-state index is 12.0. The van der Waals surface area contributed by atoms with Crippen LogP contribution in [0, 0.1) is 0 Å². The number of hydrogen-bond donors (Lipinski definition) is 1. The van der Waals surface area contributed by atoms with Gasteiger partial charge in [0.15, 0.2) is 15.7 Å². The van der Waals surface area contributed by atoms with Crippen LogP contribution < -0.4 is 5.73 Å². The molecule has 1 aromatic carbocycles. The summed E-state index contributed by atoms with van der Waals surface area (Å²) in [6.07, 6.45) is 5.72. The number of nitrogen functional groups attached to an aromatic ring is 1. The molecule has 2 aromatic heterocycles. The van der Waals surface area contributed by atoms with E-state index < -0.39 is 9.84 Å². The van der Waals surface area contributed by atoms with E-state index >= 15 is 0 Å². The first-order chi connectivity index (χ1) is 10.9. The van der Waals surface area contributed by atoms with E-state index in [2.05, 4.69) is 15.0 Å². The molecule has 23 heavy (non-hydrogen) atoms. The summed E-state index contributed by atoms with van der Waals surface area (Å²) in [5, 5.41) is 0. The molecule has 0 fully saturated rings. The number of nitrogens with two attached hydrogens (primary N) is 1. The smallest absolute Gasteiger partial charge is 0.179 e. The minimum Gasteiger partial charge on any atom is -0.399 e. The molecular weight excluding hydrogens is 312 g/mol. The van der Waals surface area contributed by atoms with Crippen LogP contribution >= 0.6 is 0 Å². The molecule has 3 aromatic rings. The number of benzene rings is 1. The molecule has 0 spiro atoms. The molecule has 0 aliphatic rings. The maximum atomic E-state index is 12.0. The molecule has 0 saturated heterocycles. The van der Waals surface area contributed by atoms with Gasteiger partial charge in [-0.25, -0.2) is 18.4 Å². The first-order valence-electron chi connectivity index (χ1n) is 6.78. The van der Waals surface area contributed by atoms with Gasteiger partial charge in [0.05, 0.1) is 11.9 Å². The van der Waals surface area contributed by atoms with Crippen molar-refractivity contribution in [2.75, 3.05) is 12.0 Å². The highest BCUT2D eigenvalue weighted by Gasteiger charge is 2.18. The van der Waals surface area contributed by atoms with Gasteiger partial charge in [-0.3, -0.25) is 4.98 Å². The second-order valence-electron chi connectivity index (χ2n) is 5.05. The fraction of sp³-hybridized carbons (Fsp3) is 0.0625. The summed E-state index contributed by atoms with van der Waals surface area (Å²) in [6.45, 7) is 0. The van der Waals surface area contributed by atoms with Crippen LogP contribution in [0.1, 0.15) is 0 Å². The van der Waals surface area contributed by atoms with Gasteiger partial charge < -0.3 is 5.73 Å². The van der Waals surface area contributed by atoms with E-state index in [0.29, 0.717) is 28.3 Å². The number of sulfone groups is 1. The van der Waals surface area contributed by atoms with Gasteiger partial charge in [-0.2, -0.15) is 0 Å². The third-order valence-electron chi connectivity index (χ3n) is 3.23. The molecule has 0 radical (unpaired) electrons. The number of nitrogens with zero attached hydrogens (tertiary/aromatic N) is 3. The van der Waals surface area contributed by atoms with Crippen LogP contribution in [0.5, 0.6) is 0 Å². The van der Waals surface area contributed by atoms with Crippen LogP contribution in [-0.4, -0.2) is 29.6 Å². The Kier molecular flexibility index (Phi) is 3.79. The van der Waals surface area contributed by atoms with Crippen LogP contribution in [0.4, 0.5) is 5.69 Å². The molecule has 2 N–H and O–H groups in total. The molecule has 3 rings (SSSR count). The number of aromatic nitrogens is 3. The van der Waals surface area contributed by atoms with Crippen LogP contribution in [-0.2, 0) is 9.84 Å². The highest BCUT2D eigenvalue weighted by Crippen LogP contribution is 2.28. The predicted molar refractivity (Wildman–Crippen MR) is 88.2 cm³/mol. The summed E-state index contributed by atoms with van der Waals surface area (Å²) in [5.41, 5.74) is 7.99. The zero-order chi connectivity index (χ0) is 16.4. The molecule has 2 heterocycles. The third kappa shape index (κ3) is 3.19. The van der Waals surface area contributed by atoms with E-state index in [1.54, 1.807) is 42.7 Å². The topological polar surface area (TPSA) is 98.8 Å². The van der Waals surface area contributed by atoms with Gasteiger partial charge in [-0.1, -0.05) is 12.1 Å². The molecular formula is C16H14N4O2S. The lowest BCUT2D eigenvalue weighted by Crippen LogP contribution is -2.05. The van der Waals surface area contributed by atoms with Gasteiger partial charge in [-0.15, -0.1) is 0 Å². The van der Waals surface area contributed by atoms with Gasteiger partial charge in [0, 0.05) is 35.5 Å². The first-order valence-corrected chi connectivity index (χ1v) is 8.68. The second kappa shape index (κ2) is 5.77. The van der Waals surface area contributed by atoms with Crippen molar-refractivity contribution < 1.29 is 8.42 Å². The Morgan fingerprint density at radius 1 is 1.04 bits per heavy atom. The minimum atomic E-state index is -3.47. The van der Waals surface area contributed by atoms with E-state index in [4.69, 9.17) is 5.73 Å². The first kappa shape index (κ1) is 15.1. The van der Waals surface area contributed by atoms with Gasteiger partial charge >= 0.3 is 0 Å². The number of rotatable bonds is 3. The lowest BCUT2D eigenvalue weighted by Gasteiger charge is -2.09. The van der Waals surface area contributed by atoms with Crippen molar-refractivity contribution in [3.05, 3.63) is 55.0 Å². The molecule has 0 atom stereocenters. The number of anilines is 1. The summed E-state index contributed by atoms with van der Waals surface area (Å²) in [4.78, 5) is 12.7.